The maximum absolute atomic E-state index is 5.85. The summed E-state index contributed by atoms with van der Waals surface area (Å²) in [6.45, 7) is 0.509. The molecule has 0 aliphatic heterocycles. The molecule has 5 nitrogen and oxygen atoms in total. The van der Waals surface area contributed by atoms with Crippen LogP contribution in [-0.4, -0.2) is 23.6 Å². The van der Waals surface area contributed by atoms with E-state index in [1.54, 1.807) is 7.11 Å². The summed E-state index contributed by atoms with van der Waals surface area (Å²) in [6.07, 6.45) is 0.622. The van der Waals surface area contributed by atoms with E-state index in [4.69, 9.17) is 16.2 Å². The summed E-state index contributed by atoms with van der Waals surface area (Å²) in [5, 5.41) is 0.835. The quantitative estimate of drug-likeness (QED) is 0.792. The van der Waals surface area contributed by atoms with E-state index in [2.05, 4.69) is 9.97 Å². The molecule has 1 heterocycles. The lowest BCUT2D eigenvalue weighted by atomic mass is 10.2. The van der Waals surface area contributed by atoms with Crippen molar-refractivity contribution in [3.63, 3.8) is 0 Å². The molecule has 0 atom stereocenters. The summed E-state index contributed by atoms with van der Waals surface area (Å²) in [7, 11) is 1.62. The Balaban J connectivity index is 2.58. The van der Waals surface area contributed by atoms with Crippen molar-refractivity contribution in [1.29, 1.82) is 0 Å². The smallest absolute Gasteiger partial charge is 0.135 e. The van der Waals surface area contributed by atoms with Crippen molar-refractivity contribution in [2.24, 2.45) is 5.73 Å². The third-order valence-corrected chi connectivity index (χ3v) is 2.35. The van der Waals surface area contributed by atoms with E-state index in [1.807, 2.05) is 18.2 Å². The summed E-state index contributed by atoms with van der Waals surface area (Å²) < 4.78 is 5.14. The maximum Gasteiger partial charge on any atom is 0.135 e. The van der Waals surface area contributed by atoms with Crippen LogP contribution in [0.25, 0.3) is 10.9 Å². The van der Waals surface area contributed by atoms with E-state index in [-0.39, 0.29) is 0 Å². The second-order valence-electron chi connectivity index (χ2n) is 3.45. The van der Waals surface area contributed by atoms with Crippen molar-refractivity contribution in [2.75, 3.05) is 19.4 Å². The highest BCUT2D eigenvalue weighted by molar-refractivity contribution is 5.88. The molecule has 0 saturated heterocycles. The van der Waals surface area contributed by atoms with Crippen LogP contribution in [0.3, 0.4) is 0 Å². The van der Waals surface area contributed by atoms with Crippen LogP contribution in [0.5, 0.6) is 5.75 Å². The van der Waals surface area contributed by atoms with Crippen molar-refractivity contribution in [2.45, 2.75) is 6.42 Å². The Morgan fingerprint density at radius 1 is 1.31 bits per heavy atom. The minimum atomic E-state index is 0.483. The number of benzene rings is 1. The first-order valence-corrected chi connectivity index (χ1v) is 5.05. The normalized spacial score (nSPS) is 10.6. The van der Waals surface area contributed by atoms with Crippen molar-refractivity contribution in [3.05, 3.63) is 24.0 Å². The number of nitrogens with two attached hydrogens (primary N) is 2. The van der Waals surface area contributed by atoms with Crippen molar-refractivity contribution in [3.8, 4) is 5.75 Å². The zero-order chi connectivity index (χ0) is 11.5. The van der Waals surface area contributed by atoms with E-state index in [0.717, 1.165) is 16.7 Å². The molecule has 0 radical (unpaired) electrons. The number of nitrogens with zero attached hydrogens (tertiary/aromatic N) is 2. The molecule has 4 N–H and O–H groups in total. The van der Waals surface area contributed by atoms with E-state index in [9.17, 15) is 0 Å². The molecule has 0 bridgehead atoms. The third kappa shape index (κ3) is 1.90. The SMILES string of the molecule is COc1ccc2c(N)nc(CCN)nc2c1. The Kier molecular flexibility index (Phi) is 2.87. The van der Waals surface area contributed by atoms with Crippen LogP contribution in [0.1, 0.15) is 5.82 Å². The zero-order valence-corrected chi connectivity index (χ0v) is 9.10. The van der Waals surface area contributed by atoms with Gasteiger partial charge in [0.25, 0.3) is 0 Å². The van der Waals surface area contributed by atoms with Crippen LogP contribution in [-0.2, 0) is 6.42 Å². The van der Waals surface area contributed by atoms with Gasteiger partial charge in [-0.3, -0.25) is 0 Å². The van der Waals surface area contributed by atoms with Gasteiger partial charge in [-0.1, -0.05) is 0 Å². The highest BCUT2D eigenvalue weighted by atomic mass is 16.5. The number of ether oxygens (including phenoxy) is 1. The van der Waals surface area contributed by atoms with E-state index in [1.165, 1.54) is 0 Å². The van der Waals surface area contributed by atoms with E-state index < -0.39 is 0 Å². The van der Waals surface area contributed by atoms with Gasteiger partial charge in [-0.2, -0.15) is 0 Å². The minimum absolute atomic E-state index is 0.483. The van der Waals surface area contributed by atoms with Crippen molar-refractivity contribution in [1.82, 2.24) is 9.97 Å². The van der Waals surface area contributed by atoms with Gasteiger partial charge < -0.3 is 16.2 Å². The molecular weight excluding hydrogens is 204 g/mol. The van der Waals surface area contributed by atoms with Crippen LogP contribution < -0.4 is 16.2 Å². The standard InChI is InChI=1S/C11H14N4O/c1-16-7-2-3-8-9(6-7)14-10(4-5-12)15-11(8)13/h2-3,6H,4-5,12H2,1H3,(H2,13,14,15). The second kappa shape index (κ2) is 4.32. The Hall–Kier alpha value is -1.88. The fourth-order valence-electron chi connectivity index (χ4n) is 1.55. The summed E-state index contributed by atoms with van der Waals surface area (Å²) in [6, 6.07) is 5.54. The number of nitrogen functional groups attached to an aromatic ring is 1. The topological polar surface area (TPSA) is 87.0 Å². The Morgan fingerprint density at radius 3 is 2.81 bits per heavy atom. The van der Waals surface area contributed by atoms with Gasteiger partial charge >= 0.3 is 0 Å². The van der Waals surface area contributed by atoms with Crippen LogP contribution in [0, 0.1) is 0 Å². The molecule has 0 unspecified atom stereocenters. The Morgan fingerprint density at radius 2 is 2.12 bits per heavy atom. The van der Waals surface area contributed by atoms with Crippen LogP contribution in [0.4, 0.5) is 5.82 Å². The van der Waals surface area contributed by atoms with Gasteiger partial charge in [-0.25, -0.2) is 9.97 Å². The molecule has 1 aromatic heterocycles. The average molecular weight is 218 g/mol. The number of hydrogen-bond acceptors (Lipinski definition) is 5. The van der Waals surface area contributed by atoms with Gasteiger partial charge in [0.05, 0.1) is 12.6 Å². The Bertz CT molecular complexity index is 513. The first-order valence-electron chi connectivity index (χ1n) is 5.05. The summed E-state index contributed by atoms with van der Waals surface area (Å²) in [5.74, 6) is 1.90. The fraction of sp³-hybridized carbons (Fsp3) is 0.273. The first-order chi connectivity index (χ1) is 7.74. The molecule has 0 amide bonds. The van der Waals surface area contributed by atoms with Gasteiger partial charge in [-0.05, 0) is 18.7 Å². The molecule has 0 spiro atoms. The molecule has 0 aliphatic rings. The molecule has 1 aromatic carbocycles. The number of fused-ring (bicyclic) bond motifs is 1. The molecule has 84 valence electrons. The molecule has 0 aliphatic carbocycles. The highest BCUT2D eigenvalue weighted by Crippen LogP contribution is 2.22. The number of aromatic nitrogens is 2. The first kappa shape index (κ1) is 10.6. The lowest BCUT2D eigenvalue weighted by Gasteiger charge is -2.06. The Labute approximate surface area is 93.4 Å². The zero-order valence-electron chi connectivity index (χ0n) is 9.10. The number of rotatable bonds is 3. The lowest BCUT2D eigenvalue weighted by molar-refractivity contribution is 0.415. The van der Waals surface area contributed by atoms with Gasteiger partial charge in [0.15, 0.2) is 0 Å². The summed E-state index contributed by atoms with van der Waals surface area (Å²) in [4.78, 5) is 8.58. The van der Waals surface area contributed by atoms with Crippen LogP contribution in [0.2, 0.25) is 0 Å². The number of anilines is 1. The predicted octanol–water partition coefficient (Wildman–Crippen LogP) is 0.722. The summed E-state index contributed by atoms with van der Waals surface area (Å²) >= 11 is 0. The minimum Gasteiger partial charge on any atom is -0.497 e. The highest BCUT2D eigenvalue weighted by Gasteiger charge is 2.05. The molecule has 2 rings (SSSR count). The molecule has 16 heavy (non-hydrogen) atoms. The average Bonchev–Trinajstić information content (AvgIpc) is 2.28. The van der Waals surface area contributed by atoms with E-state index in [0.29, 0.717) is 24.6 Å². The lowest BCUT2D eigenvalue weighted by Crippen LogP contribution is -2.08. The maximum atomic E-state index is 5.85. The third-order valence-electron chi connectivity index (χ3n) is 2.35. The molecule has 0 fully saturated rings. The van der Waals surface area contributed by atoms with Crippen LogP contribution in [0.15, 0.2) is 18.2 Å². The van der Waals surface area contributed by atoms with Crippen molar-refractivity contribution >= 4 is 16.7 Å². The van der Waals surface area contributed by atoms with Gasteiger partial charge in [0, 0.05) is 17.9 Å². The van der Waals surface area contributed by atoms with Gasteiger partial charge in [-0.15, -0.1) is 0 Å². The molecule has 0 saturated carbocycles. The van der Waals surface area contributed by atoms with Gasteiger partial charge in [0.1, 0.15) is 17.4 Å². The van der Waals surface area contributed by atoms with E-state index >= 15 is 0 Å². The monoisotopic (exact) mass is 218 g/mol. The van der Waals surface area contributed by atoms with Gasteiger partial charge in [0.2, 0.25) is 0 Å². The molecule has 5 heteroatoms. The van der Waals surface area contributed by atoms with Crippen LogP contribution >= 0.6 is 0 Å². The molecular formula is C11H14N4O. The predicted molar refractivity (Wildman–Crippen MR) is 63.3 cm³/mol. The molecule has 2 aromatic rings. The fourth-order valence-corrected chi connectivity index (χ4v) is 1.55. The van der Waals surface area contributed by atoms with Crippen molar-refractivity contribution < 1.29 is 4.74 Å². The summed E-state index contributed by atoms with van der Waals surface area (Å²) in [5.41, 5.74) is 12.1. The number of hydrogen-bond donors (Lipinski definition) is 2. The second-order valence-corrected chi connectivity index (χ2v) is 3.45. The number of methoxy groups -OCH3 is 1. The largest absolute Gasteiger partial charge is 0.497 e.